The highest BCUT2D eigenvalue weighted by Gasteiger charge is 2.29. The number of hydrogen-bond donors (Lipinski definition) is 0. The average Bonchev–Trinajstić information content (AvgIpc) is 2.16. The van der Waals surface area contributed by atoms with Crippen molar-refractivity contribution in [3.05, 3.63) is 24.3 Å². The fourth-order valence-corrected chi connectivity index (χ4v) is 2.53. The lowest BCUT2D eigenvalue weighted by molar-refractivity contribution is -0.122. The van der Waals surface area contributed by atoms with Gasteiger partial charge in [0.05, 0.1) is 0 Å². The van der Waals surface area contributed by atoms with Gasteiger partial charge in [-0.3, -0.25) is 4.79 Å². The molecule has 0 aromatic rings. The van der Waals surface area contributed by atoms with Crippen LogP contribution in [0.5, 0.6) is 0 Å². The molecule has 0 heterocycles. The molecule has 2 unspecified atom stereocenters. The van der Waals surface area contributed by atoms with E-state index in [1.54, 1.807) is 0 Å². The van der Waals surface area contributed by atoms with Gasteiger partial charge >= 0.3 is 0 Å². The zero-order chi connectivity index (χ0) is 9.26. The largest absolute Gasteiger partial charge is 0.300 e. The maximum Gasteiger partial charge on any atom is 0.133 e. The van der Waals surface area contributed by atoms with E-state index in [-0.39, 0.29) is 0 Å². The number of fused-ring (bicyclic) bond motifs is 1. The lowest BCUT2D eigenvalue weighted by Crippen LogP contribution is -2.26. The summed E-state index contributed by atoms with van der Waals surface area (Å²) < 4.78 is 0. The SMILES string of the molecule is C=CC1=CC2CC(=O)CCC2CC1. The minimum absolute atomic E-state index is 0.447. The summed E-state index contributed by atoms with van der Waals surface area (Å²) in [5.41, 5.74) is 1.34. The maximum absolute atomic E-state index is 11.3. The third kappa shape index (κ3) is 1.74. The molecular weight excluding hydrogens is 160 g/mol. The Balaban J connectivity index is 2.13. The van der Waals surface area contributed by atoms with Crippen molar-refractivity contribution in [1.29, 1.82) is 0 Å². The van der Waals surface area contributed by atoms with Gasteiger partial charge < -0.3 is 0 Å². The summed E-state index contributed by atoms with van der Waals surface area (Å²) >= 11 is 0. The van der Waals surface area contributed by atoms with Gasteiger partial charge in [0.15, 0.2) is 0 Å². The molecule has 0 saturated heterocycles. The zero-order valence-electron chi connectivity index (χ0n) is 7.96. The summed E-state index contributed by atoms with van der Waals surface area (Å²) in [6.45, 7) is 3.79. The highest BCUT2D eigenvalue weighted by Crippen LogP contribution is 2.37. The van der Waals surface area contributed by atoms with Crippen molar-refractivity contribution in [2.45, 2.75) is 32.1 Å². The van der Waals surface area contributed by atoms with Gasteiger partial charge in [-0.25, -0.2) is 0 Å². The topological polar surface area (TPSA) is 17.1 Å². The van der Waals surface area contributed by atoms with E-state index in [1.807, 2.05) is 6.08 Å². The van der Waals surface area contributed by atoms with Crippen molar-refractivity contribution in [1.82, 2.24) is 0 Å². The quantitative estimate of drug-likeness (QED) is 0.600. The second-order valence-electron chi connectivity index (χ2n) is 4.19. The molecule has 1 fully saturated rings. The van der Waals surface area contributed by atoms with Crippen LogP contribution < -0.4 is 0 Å². The predicted octanol–water partition coefficient (Wildman–Crippen LogP) is 2.88. The third-order valence-electron chi connectivity index (χ3n) is 3.36. The predicted molar refractivity (Wildman–Crippen MR) is 53.4 cm³/mol. The Labute approximate surface area is 79.5 Å². The van der Waals surface area contributed by atoms with Crippen LogP contribution in [-0.4, -0.2) is 5.78 Å². The van der Waals surface area contributed by atoms with Crippen molar-refractivity contribution in [2.75, 3.05) is 0 Å². The van der Waals surface area contributed by atoms with Crippen LogP contribution in [0.25, 0.3) is 0 Å². The highest BCUT2D eigenvalue weighted by molar-refractivity contribution is 5.79. The number of carbonyl (C=O) groups is 1. The molecule has 0 aliphatic heterocycles. The molecule has 2 aliphatic rings. The molecule has 2 aliphatic carbocycles. The summed E-state index contributed by atoms with van der Waals surface area (Å²) in [4.78, 5) is 11.3. The maximum atomic E-state index is 11.3. The second-order valence-corrected chi connectivity index (χ2v) is 4.19. The Morgan fingerprint density at radius 1 is 1.38 bits per heavy atom. The van der Waals surface area contributed by atoms with Crippen LogP contribution in [0.15, 0.2) is 24.3 Å². The number of Topliss-reactive ketones (excluding diaryl/α,β-unsaturated/α-hetero) is 1. The molecule has 0 aromatic carbocycles. The molecule has 1 heteroatoms. The van der Waals surface area contributed by atoms with Crippen LogP contribution in [0.3, 0.4) is 0 Å². The Morgan fingerprint density at radius 3 is 2.92 bits per heavy atom. The van der Waals surface area contributed by atoms with E-state index in [9.17, 15) is 4.79 Å². The smallest absolute Gasteiger partial charge is 0.133 e. The molecule has 0 N–H and O–H groups in total. The monoisotopic (exact) mass is 176 g/mol. The molecule has 1 nitrogen and oxygen atoms in total. The van der Waals surface area contributed by atoms with Gasteiger partial charge in [0.2, 0.25) is 0 Å². The van der Waals surface area contributed by atoms with Crippen LogP contribution in [0.4, 0.5) is 0 Å². The summed E-state index contributed by atoms with van der Waals surface area (Å²) in [6, 6.07) is 0. The van der Waals surface area contributed by atoms with Crippen LogP contribution in [0.1, 0.15) is 32.1 Å². The van der Waals surface area contributed by atoms with E-state index in [4.69, 9.17) is 0 Å². The Kier molecular flexibility index (Phi) is 2.34. The first-order valence-electron chi connectivity index (χ1n) is 5.14. The minimum Gasteiger partial charge on any atom is -0.300 e. The van der Waals surface area contributed by atoms with Crippen molar-refractivity contribution < 1.29 is 4.79 Å². The number of allylic oxidation sites excluding steroid dienone is 3. The zero-order valence-corrected chi connectivity index (χ0v) is 7.96. The molecule has 70 valence electrons. The van der Waals surface area contributed by atoms with E-state index in [1.165, 1.54) is 18.4 Å². The van der Waals surface area contributed by atoms with Crippen LogP contribution in [0, 0.1) is 11.8 Å². The standard InChI is InChI=1S/C12H16O/c1-2-9-3-4-10-5-6-12(13)8-11(10)7-9/h2,7,10-11H,1,3-6,8H2. The summed E-state index contributed by atoms with van der Waals surface area (Å²) in [7, 11) is 0. The van der Waals surface area contributed by atoms with E-state index in [2.05, 4.69) is 12.7 Å². The van der Waals surface area contributed by atoms with Crippen molar-refractivity contribution in [3.63, 3.8) is 0 Å². The summed E-state index contributed by atoms with van der Waals surface area (Å²) in [5, 5.41) is 0. The lowest BCUT2D eigenvalue weighted by Gasteiger charge is -2.32. The highest BCUT2D eigenvalue weighted by atomic mass is 16.1. The van der Waals surface area contributed by atoms with E-state index in [0.717, 1.165) is 25.2 Å². The molecule has 0 radical (unpaired) electrons. The van der Waals surface area contributed by atoms with Crippen LogP contribution >= 0.6 is 0 Å². The Morgan fingerprint density at radius 2 is 2.15 bits per heavy atom. The van der Waals surface area contributed by atoms with Crippen molar-refractivity contribution in [3.8, 4) is 0 Å². The molecule has 2 rings (SSSR count). The first-order chi connectivity index (χ1) is 6.29. The molecule has 0 spiro atoms. The van der Waals surface area contributed by atoms with E-state index >= 15 is 0 Å². The summed E-state index contributed by atoms with van der Waals surface area (Å²) in [5.74, 6) is 1.76. The number of rotatable bonds is 1. The normalized spacial score (nSPS) is 33.5. The van der Waals surface area contributed by atoms with Crippen LogP contribution in [-0.2, 0) is 4.79 Å². The fraction of sp³-hybridized carbons (Fsp3) is 0.583. The number of ketones is 1. The van der Waals surface area contributed by atoms with Gasteiger partial charge in [-0.05, 0) is 31.1 Å². The van der Waals surface area contributed by atoms with Crippen molar-refractivity contribution in [2.24, 2.45) is 11.8 Å². The number of hydrogen-bond acceptors (Lipinski definition) is 1. The fourth-order valence-electron chi connectivity index (χ4n) is 2.53. The Bertz CT molecular complexity index is 262. The molecule has 0 bridgehead atoms. The van der Waals surface area contributed by atoms with Gasteiger partial charge in [-0.2, -0.15) is 0 Å². The molecule has 13 heavy (non-hydrogen) atoms. The molecule has 1 saturated carbocycles. The van der Waals surface area contributed by atoms with Gasteiger partial charge in [0.25, 0.3) is 0 Å². The van der Waals surface area contributed by atoms with Crippen LogP contribution in [0.2, 0.25) is 0 Å². The summed E-state index contributed by atoms with van der Waals surface area (Å²) in [6.07, 6.45) is 9.35. The second kappa shape index (κ2) is 3.49. The van der Waals surface area contributed by atoms with Gasteiger partial charge in [0.1, 0.15) is 5.78 Å². The first-order valence-corrected chi connectivity index (χ1v) is 5.14. The van der Waals surface area contributed by atoms with Crippen molar-refractivity contribution >= 4 is 5.78 Å². The Hall–Kier alpha value is -0.850. The first kappa shape index (κ1) is 8.74. The van der Waals surface area contributed by atoms with Gasteiger partial charge in [0, 0.05) is 12.8 Å². The molecule has 2 atom stereocenters. The number of carbonyl (C=O) groups excluding carboxylic acids is 1. The molecule has 0 aromatic heterocycles. The van der Waals surface area contributed by atoms with Gasteiger partial charge in [-0.1, -0.05) is 24.3 Å². The molecular formula is C12H16O. The third-order valence-corrected chi connectivity index (χ3v) is 3.36. The van der Waals surface area contributed by atoms with E-state index in [0.29, 0.717) is 11.7 Å². The molecule has 0 amide bonds. The minimum atomic E-state index is 0.447. The van der Waals surface area contributed by atoms with Gasteiger partial charge in [-0.15, -0.1) is 0 Å². The lowest BCUT2D eigenvalue weighted by atomic mass is 9.72. The van der Waals surface area contributed by atoms with E-state index < -0.39 is 0 Å². The average molecular weight is 176 g/mol.